The van der Waals surface area contributed by atoms with E-state index in [0.29, 0.717) is 6.42 Å². The Hall–Kier alpha value is -1.61. The van der Waals surface area contributed by atoms with Crippen LogP contribution in [-0.4, -0.2) is 21.5 Å². The van der Waals surface area contributed by atoms with E-state index >= 15 is 0 Å². The zero-order valence-corrected chi connectivity index (χ0v) is 9.43. The third-order valence-electron chi connectivity index (χ3n) is 2.62. The predicted molar refractivity (Wildman–Crippen MR) is 64.1 cm³/mol. The highest BCUT2D eigenvalue weighted by molar-refractivity contribution is 5.62. The van der Waals surface area contributed by atoms with Gasteiger partial charge in [-0.2, -0.15) is 5.10 Å². The molecule has 3 heteroatoms. The van der Waals surface area contributed by atoms with Gasteiger partial charge >= 0.3 is 0 Å². The Labute approximate surface area is 95.3 Å². The van der Waals surface area contributed by atoms with E-state index in [1.54, 1.807) is 0 Å². The summed E-state index contributed by atoms with van der Waals surface area (Å²) in [6.07, 6.45) is 4.62. The normalized spacial score (nSPS) is 10.6. The molecule has 3 nitrogen and oxygen atoms in total. The maximum atomic E-state index is 8.91. The van der Waals surface area contributed by atoms with Gasteiger partial charge < -0.3 is 5.11 Å². The number of aryl methyl sites for hydroxylation is 1. The Morgan fingerprint density at radius 1 is 1.31 bits per heavy atom. The zero-order chi connectivity index (χ0) is 11.4. The average molecular weight is 216 g/mol. The third-order valence-corrected chi connectivity index (χ3v) is 2.62. The zero-order valence-electron chi connectivity index (χ0n) is 9.43. The fraction of sp³-hybridized carbons (Fsp3) is 0.308. The Morgan fingerprint density at radius 3 is 2.88 bits per heavy atom. The van der Waals surface area contributed by atoms with Crippen LogP contribution in [0.15, 0.2) is 36.7 Å². The minimum absolute atomic E-state index is 0.192. The van der Waals surface area contributed by atoms with Gasteiger partial charge in [-0.1, -0.05) is 24.3 Å². The van der Waals surface area contributed by atoms with Crippen molar-refractivity contribution in [2.75, 3.05) is 6.61 Å². The lowest BCUT2D eigenvalue weighted by Gasteiger charge is -2.01. The van der Waals surface area contributed by atoms with Gasteiger partial charge in [-0.25, -0.2) is 0 Å². The highest BCUT2D eigenvalue weighted by Gasteiger charge is 2.01. The highest BCUT2D eigenvalue weighted by atomic mass is 16.2. The van der Waals surface area contributed by atoms with Crippen LogP contribution in [-0.2, 0) is 13.0 Å². The van der Waals surface area contributed by atoms with Crippen LogP contribution in [0.25, 0.3) is 11.1 Å². The lowest BCUT2D eigenvalue weighted by molar-refractivity contribution is 0.299. The van der Waals surface area contributed by atoms with E-state index in [1.807, 2.05) is 29.2 Å². The minimum atomic E-state index is 0.192. The molecule has 0 aliphatic carbocycles. The van der Waals surface area contributed by atoms with Crippen molar-refractivity contribution >= 4 is 0 Å². The van der Waals surface area contributed by atoms with Crippen LogP contribution in [0.2, 0.25) is 0 Å². The van der Waals surface area contributed by atoms with Crippen molar-refractivity contribution in [2.24, 2.45) is 0 Å². The van der Waals surface area contributed by atoms with Crippen LogP contribution in [0, 0.1) is 0 Å². The topological polar surface area (TPSA) is 38.0 Å². The van der Waals surface area contributed by atoms with Crippen LogP contribution < -0.4 is 0 Å². The Bertz CT molecular complexity index is 462. The Balaban J connectivity index is 2.28. The molecule has 2 aromatic rings. The molecule has 16 heavy (non-hydrogen) atoms. The number of nitrogens with zero attached hydrogens (tertiary/aromatic N) is 2. The summed E-state index contributed by atoms with van der Waals surface area (Å²) < 4.78 is 1.91. The molecule has 0 atom stereocenters. The third kappa shape index (κ3) is 2.31. The number of aliphatic hydroxyl groups is 1. The van der Waals surface area contributed by atoms with Gasteiger partial charge in [0.15, 0.2) is 0 Å². The summed E-state index contributed by atoms with van der Waals surface area (Å²) in [4.78, 5) is 0. The molecular formula is C13H16N2O. The monoisotopic (exact) mass is 216 g/mol. The van der Waals surface area contributed by atoms with Crippen LogP contribution >= 0.6 is 0 Å². The second kappa shape index (κ2) is 4.94. The van der Waals surface area contributed by atoms with Crippen LogP contribution in [0.1, 0.15) is 12.5 Å². The van der Waals surface area contributed by atoms with Crippen molar-refractivity contribution in [3.05, 3.63) is 42.2 Å². The first-order valence-corrected chi connectivity index (χ1v) is 5.56. The number of aliphatic hydroxyl groups excluding tert-OH is 1. The molecule has 0 unspecified atom stereocenters. The molecule has 0 saturated carbocycles. The van der Waals surface area contributed by atoms with Gasteiger partial charge in [0.25, 0.3) is 0 Å². The Morgan fingerprint density at radius 2 is 2.19 bits per heavy atom. The molecule has 0 fully saturated rings. The van der Waals surface area contributed by atoms with Gasteiger partial charge in [0.1, 0.15) is 0 Å². The predicted octanol–water partition coefficient (Wildman–Crippen LogP) is 2.10. The van der Waals surface area contributed by atoms with Crippen molar-refractivity contribution in [1.82, 2.24) is 9.78 Å². The fourth-order valence-electron chi connectivity index (χ4n) is 1.72. The maximum Gasteiger partial charge on any atom is 0.0568 e. The highest BCUT2D eigenvalue weighted by Crippen LogP contribution is 2.19. The van der Waals surface area contributed by atoms with E-state index in [-0.39, 0.29) is 6.61 Å². The van der Waals surface area contributed by atoms with Gasteiger partial charge in [0.2, 0.25) is 0 Å². The van der Waals surface area contributed by atoms with E-state index in [4.69, 9.17) is 5.11 Å². The van der Waals surface area contributed by atoms with Crippen molar-refractivity contribution in [2.45, 2.75) is 19.9 Å². The molecule has 0 spiro atoms. The average Bonchev–Trinajstić information content (AvgIpc) is 2.78. The summed E-state index contributed by atoms with van der Waals surface area (Å²) >= 11 is 0. The SMILES string of the molecule is CCn1cc(-c2cccc(CCO)c2)cn1. The lowest BCUT2D eigenvalue weighted by atomic mass is 10.0. The summed E-state index contributed by atoms with van der Waals surface area (Å²) in [7, 11) is 0. The van der Waals surface area contributed by atoms with Crippen molar-refractivity contribution in [3.63, 3.8) is 0 Å². The number of rotatable bonds is 4. The van der Waals surface area contributed by atoms with Crippen LogP contribution in [0.3, 0.4) is 0 Å². The molecule has 0 amide bonds. The number of aromatic nitrogens is 2. The van der Waals surface area contributed by atoms with Gasteiger partial charge in [-0.05, 0) is 24.5 Å². The minimum Gasteiger partial charge on any atom is -0.396 e. The fourth-order valence-corrected chi connectivity index (χ4v) is 1.72. The molecular weight excluding hydrogens is 200 g/mol. The van der Waals surface area contributed by atoms with Gasteiger partial charge in [0, 0.05) is 24.9 Å². The first kappa shape index (κ1) is 10.9. The molecule has 1 aromatic carbocycles. The standard InChI is InChI=1S/C13H16N2O/c1-2-15-10-13(9-14-15)12-5-3-4-11(8-12)6-7-16/h3-5,8-10,16H,2,6-7H2,1H3. The summed E-state index contributed by atoms with van der Waals surface area (Å²) in [5.41, 5.74) is 3.44. The molecule has 0 radical (unpaired) electrons. The first-order valence-electron chi connectivity index (χ1n) is 5.56. The smallest absolute Gasteiger partial charge is 0.0568 e. The van der Waals surface area contributed by atoms with Crippen molar-refractivity contribution < 1.29 is 5.11 Å². The molecule has 0 saturated heterocycles. The quantitative estimate of drug-likeness (QED) is 0.850. The number of benzene rings is 1. The number of hydrogen-bond donors (Lipinski definition) is 1. The van der Waals surface area contributed by atoms with E-state index in [1.165, 1.54) is 0 Å². The molecule has 0 aliphatic heterocycles. The molecule has 0 bridgehead atoms. The summed E-state index contributed by atoms with van der Waals surface area (Å²) in [6, 6.07) is 8.22. The van der Waals surface area contributed by atoms with Crippen molar-refractivity contribution in [3.8, 4) is 11.1 Å². The molecule has 2 rings (SSSR count). The molecule has 1 heterocycles. The molecule has 1 aromatic heterocycles. The van der Waals surface area contributed by atoms with Crippen molar-refractivity contribution in [1.29, 1.82) is 0 Å². The van der Waals surface area contributed by atoms with Gasteiger partial charge in [-0.15, -0.1) is 0 Å². The second-order valence-electron chi connectivity index (χ2n) is 3.76. The van der Waals surface area contributed by atoms with Gasteiger partial charge in [0.05, 0.1) is 6.20 Å². The van der Waals surface area contributed by atoms with E-state index in [0.717, 1.165) is 23.2 Å². The van der Waals surface area contributed by atoms with E-state index in [9.17, 15) is 0 Å². The second-order valence-corrected chi connectivity index (χ2v) is 3.76. The Kier molecular flexibility index (Phi) is 3.37. The first-order chi connectivity index (χ1) is 7.83. The van der Waals surface area contributed by atoms with E-state index in [2.05, 4.69) is 24.2 Å². The molecule has 84 valence electrons. The van der Waals surface area contributed by atoms with Gasteiger partial charge in [-0.3, -0.25) is 4.68 Å². The van der Waals surface area contributed by atoms with E-state index < -0.39 is 0 Å². The summed E-state index contributed by atoms with van der Waals surface area (Å²) in [6.45, 7) is 3.15. The maximum absolute atomic E-state index is 8.91. The molecule has 1 N–H and O–H groups in total. The molecule has 0 aliphatic rings. The largest absolute Gasteiger partial charge is 0.396 e. The van der Waals surface area contributed by atoms with Crippen LogP contribution in [0.4, 0.5) is 0 Å². The van der Waals surface area contributed by atoms with Crippen LogP contribution in [0.5, 0.6) is 0 Å². The lowest BCUT2D eigenvalue weighted by Crippen LogP contribution is -1.92. The number of hydrogen-bond acceptors (Lipinski definition) is 2. The summed E-state index contributed by atoms with van der Waals surface area (Å²) in [5.74, 6) is 0. The summed E-state index contributed by atoms with van der Waals surface area (Å²) in [5, 5.41) is 13.2.